The van der Waals surface area contributed by atoms with Crippen LogP contribution in [0.5, 0.6) is 0 Å². The van der Waals surface area contributed by atoms with Crippen molar-refractivity contribution in [1.29, 1.82) is 0 Å². The van der Waals surface area contributed by atoms with Crippen LogP contribution < -0.4 is 4.90 Å². The average Bonchev–Trinajstić information content (AvgIpc) is 3.48. The third-order valence-corrected chi connectivity index (χ3v) is 5.95. The van der Waals surface area contributed by atoms with Gasteiger partial charge >= 0.3 is 0 Å². The van der Waals surface area contributed by atoms with E-state index in [0.717, 1.165) is 66.8 Å². The predicted molar refractivity (Wildman–Crippen MR) is 129 cm³/mol. The molecule has 0 bridgehead atoms. The highest BCUT2D eigenvalue weighted by atomic mass is 16.5. The number of aromatic nitrogens is 5. The lowest BCUT2D eigenvalue weighted by Crippen LogP contribution is -2.37. The van der Waals surface area contributed by atoms with E-state index < -0.39 is 0 Å². The number of rotatable bonds is 6. The van der Waals surface area contributed by atoms with Gasteiger partial charge in [0.15, 0.2) is 11.5 Å². The van der Waals surface area contributed by atoms with Crippen molar-refractivity contribution in [1.82, 2.24) is 24.4 Å². The molecule has 0 unspecified atom stereocenters. The predicted octanol–water partition coefficient (Wildman–Crippen LogP) is 3.75. The zero-order valence-electron chi connectivity index (χ0n) is 19.3. The Kier molecular flexibility index (Phi) is 6.37. The lowest BCUT2D eigenvalue weighted by molar-refractivity contribution is 0.106. The Morgan fingerprint density at radius 3 is 2.85 bits per heavy atom. The van der Waals surface area contributed by atoms with Crippen LogP contribution in [0.3, 0.4) is 0 Å². The van der Waals surface area contributed by atoms with E-state index in [1.54, 1.807) is 0 Å². The largest absolute Gasteiger partial charge is 0.378 e. The van der Waals surface area contributed by atoms with E-state index in [2.05, 4.69) is 47.3 Å². The van der Waals surface area contributed by atoms with Crippen molar-refractivity contribution >= 4 is 17.0 Å². The van der Waals surface area contributed by atoms with Crippen LogP contribution in [0.15, 0.2) is 48.7 Å². The molecule has 3 aromatic rings. The van der Waals surface area contributed by atoms with E-state index in [1.807, 2.05) is 34.5 Å². The normalized spacial score (nSPS) is 17.5. The number of ether oxygens (including phenoxy) is 2. The molecule has 8 heteroatoms. The van der Waals surface area contributed by atoms with Gasteiger partial charge in [-0.15, -0.1) is 0 Å². The van der Waals surface area contributed by atoms with Gasteiger partial charge in [-0.05, 0) is 25.3 Å². The van der Waals surface area contributed by atoms with Crippen LogP contribution >= 0.6 is 0 Å². The molecule has 0 amide bonds. The molecule has 0 aliphatic carbocycles. The van der Waals surface area contributed by atoms with Gasteiger partial charge in [0, 0.05) is 30.8 Å². The molecule has 0 aromatic carbocycles. The van der Waals surface area contributed by atoms with Crippen LogP contribution in [0.2, 0.25) is 0 Å². The van der Waals surface area contributed by atoms with Crippen molar-refractivity contribution < 1.29 is 9.47 Å². The summed E-state index contributed by atoms with van der Waals surface area (Å²) in [5.41, 5.74) is 5.03. The molecule has 0 radical (unpaired) electrons. The number of hydrogen-bond donors (Lipinski definition) is 0. The van der Waals surface area contributed by atoms with Gasteiger partial charge in [0.05, 0.1) is 44.0 Å². The van der Waals surface area contributed by atoms with E-state index in [0.29, 0.717) is 19.8 Å². The number of allylic oxidation sites excluding steroid dienone is 6. The summed E-state index contributed by atoms with van der Waals surface area (Å²) >= 11 is 0. The fourth-order valence-electron chi connectivity index (χ4n) is 4.25. The lowest BCUT2D eigenvalue weighted by Gasteiger charge is -2.29. The van der Waals surface area contributed by atoms with E-state index >= 15 is 0 Å². The summed E-state index contributed by atoms with van der Waals surface area (Å²) in [5.74, 6) is 1.78. The van der Waals surface area contributed by atoms with Crippen molar-refractivity contribution in [3.63, 3.8) is 0 Å². The van der Waals surface area contributed by atoms with Gasteiger partial charge in [0.25, 0.3) is 0 Å². The molecule has 8 nitrogen and oxygen atoms in total. The summed E-state index contributed by atoms with van der Waals surface area (Å²) < 4.78 is 15.2. The third kappa shape index (κ3) is 4.36. The standard InChI is InChI=1S/C25H30N6O2/c1-3-5-6-8-19(7-4-2)21-15-23-27-24(30-22-18-33-12-9-20(22)17-26-30)16-25(31(23)28-21)29-10-13-32-14-11-29/h4-8,15-17H,3,9-14,18H2,1-2H3/b6-5+,7-4-,19-8+. The first-order chi connectivity index (χ1) is 16.3. The smallest absolute Gasteiger partial charge is 0.160 e. The molecule has 172 valence electrons. The van der Waals surface area contributed by atoms with Crippen molar-refractivity contribution in [3.8, 4) is 5.82 Å². The summed E-state index contributed by atoms with van der Waals surface area (Å²) in [6.45, 7) is 8.46. The fourth-order valence-corrected chi connectivity index (χ4v) is 4.25. The van der Waals surface area contributed by atoms with Crippen LogP contribution in [0.4, 0.5) is 5.82 Å². The third-order valence-electron chi connectivity index (χ3n) is 5.95. The second-order valence-corrected chi connectivity index (χ2v) is 8.16. The first-order valence-corrected chi connectivity index (χ1v) is 11.7. The highest BCUT2D eigenvalue weighted by molar-refractivity contribution is 5.75. The van der Waals surface area contributed by atoms with Crippen LogP contribution in [0.1, 0.15) is 37.2 Å². The molecular formula is C25H30N6O2. The summed E-state index contributed by atoms with van der Waals surface area (Å²) in [5, 5.41) is 9.61. The highest BCUT2D eigenvalue weighted by Gasteiger charge is 2.22. The Morgan fingerprint density at radius 1 is 1.15 bits per heavy atom. The first kappa shape index (κ1) is 21.6. The lowest BCUT2D eigenvalue weighted by atomic mass is 10.1. The summed E-state index contributed by atoms with van der Waals surface area (Å²) in [7, 11) is 0. The Balaban J connectivity index is 1.65. The Labute approximate surface area is 193 Å². The second kappa shape index (κ2) is 9.72. The molecule has 3 aromatic heterocycles. The Bertz CT molecular complexity index is 1210. The van der Waals surface area contributed by atoms with E-state index in [9.17, 15) is 0 Å². The van der Waals surface area contributed by atoms with Crippen molar-refractivity contribution in [3.05, 3.63) is 65.7 Å². The molecule has 1 fully saturated rings. The van der Waals surface area contributed by atoms with Gasteiger partial charge in [-0.25, -0.2) is 9.67 Å². The SMILES string of the molecule is C\C=C/C(=C\C=C\CC)c1cc2nc(-n3ncc4c3COCC4)cc(N3CCOCC3)n2n1. The zero-order valence-corrected chi connectivity index (χ0v) is 19.3. The van der Waals surface area contributed by atoms with Crippen molar-refractivity contribution in [2.75, 3.05) is 37.8 Å². The van der Waals surface area contributed by atoms with Gasteiger partial charge in [-0.2, -0.15) is 14.7 Å². The van der Waals surface area contributed by atoms with Gasteiger partial charge < -0.3 is 14.4 Å². The quantitative estimate of drug-likeness (QED) is 0.537. The summed E-state index contributed by atoms with van der Waals surface area (Å²) in [6.07, 6.45) is 14.2. The zero-order chi connectivity index (χ0) is 22.6. The molecule has 33 heavy (non-hydrogen) atoms. The molecule has 2 aliphatic heterocycles. The minimum atomic E-state index is 0.553. The molecule has 0 N–H and O–H groups in total. The van der Waals surface area contributed by atoms with Gasteiger partial charge in [-0.3, -0.25) is 0 Å². The van der Waals surface area contributed by atoms with Gasteiger partial charge in [-0.1, -0.05) is 37.3 Å². The maximum atomic E-state index is 5.71. The van der Waals surface area contributed by atoms with Crippen molar-refractivity contribution in [2.24, 2.45) is 0 Å². The minimum absolute atomic E-state index is 0.553. The maximum Gasteiger partial charge on any atom is 0.160 e. The molecule has 0 saturated carbocycles. The maximum absolute atomic E-state index is 5.71. The topological polar surface area (TPSA) is 69.7 Å². The van der Waals surface area contributed by atoms with Crippen LogP contribution in [-0.4, -0.2) is 57.3 Å². The number of nitrogens with zero attached hydrogens (tertiary/aromatic N) is 6. The first-order valence-electron chi connectivity index (χ1n) is 11.7. The van der Waals surface area contributed by atoms with E-state index in [4.69, 9.17) is 19.6 Å². The van der Waals surface area contributed by atoms with E-state index in [1.165, 1.54) is 5.56 Å². The monoisotopic (exact) mass is 446 g/mol. The Morgan fingerprint density at radius 2 is 2.03 bits per heavy atom. The number of anilines is 1. The molecule has 5 heterocycles. The highest BCUT2D eigenvalue weighted by Crippen LogP contribution is 2.26. The van der Waals surface area contributed by atoms with Gasteiger partial charge in [0.2, 0.25) is 0 Å². The average molecular weight is 447 g/mol. The fraction of sp³-hybridized carbons (Fsp3) is 0.400. The van der Waals surface area contributed by atoms with E-state index in [-0.39, 0.29) is 0 Å². The number of morpholine rings is 1. The molecule has 0 spiro atoms. The number of fused-ring (bicyclic) bond motifs is 2. The minimum Gasteiger partial charge on any atom is -0.378 e. The summed E-state index contributed by atoms with van der Waals surface area (Å²) in [6, 6.07) is 4.12. The van der Waals surface area contributed by atoms with Crippen LogP contribution in [0, 0.1) is 0 Å². The molecule has 5 rings (SSSR count). The van der Waals surface area contributed by atoms with Gasteiger partial charge in [0.1, 0.15) is 5.82 Å². The molecule has 0 atom stereocenters. The van der Waals surface area contributed by atoms with Crippen LogP contribution in [-0.2, 0) is 22.5 Å². The number of hydrogen-bond acceptors (Lipinski definition) is 6. The van der Waals surface area contributed by atoms with Crippen LogP contribution in [0.25, 0.3) is 17.0 Å². The van der Waals surface area contributed by atoms with Crippen molar-refractivity contribution in [2.45, 2.75) is 33.3 Å². The molecular weight excluding hydrogens is 416 g/mol. The Hall–Kier alpha value is -3.23. The molecule has 2 aliphatic rings. The summed E-state index contributed by atoms with van der Waals surface area (Å²) in [4.78, 5) is 7.27. The molecule has 1 saturated heterocycles. The second-order valence-electron chi connectivity index (χ2n) is 8.16.